The number of pyridine rings is 1. The molecule has 1 N–H and O–H groups in total. The van der Waals surface area contributed by atoms with Gasteiger partial charge in [-0.3, -0.25) is 4.79 Å². The van der Waals surface area contributed by atoms with E-state index in [1.807, 2.05) is 30.3 Å². The predicted molar refractivity (Wildman–Crippen MR) is 121 cm³/mol. The number of morpholine rings is 1. The highest BCUT2D eigenvalue weighted by Gasteiger charge is 2.26. The van der Waals surface area contributed by atoms with Crippen molar-refractivity contribution in [2.45, 2.75) is 36.2 Å². The highest BCUT2D eigenvalue weighted by molar-refractivity contribution is 7.99. The van der Waals surface area contributed by atoms with E-state index in [-0.39, 0.29) is 22.6 Å². The van der Waals surface area contributed by atoms with Crippen LogP contribution in [0.25, 0.3) is 0 Å². The van der Waals surface area contributed by atoms with Crippen molar-refractivity contribution in [3.05, 3.63) is 54.2 Å². The van der Waals surface area contributed by atoms with E-state index in [2.05, 4.69) is 24.1 Å². The minimum atomic E-state index is -3.57. The van der Waals surface area contributed by atoms with E-state index in [9.17, 15) is 13.2 Å². The van der Waals surface area contributed by atoms with Crippen molar-refractivity contribution in [1.29, 1.82) is 0 Å². The SMILES string of the molecule is CC(C)CC(NC(=O)CSc1ccc(S(=O)(=O)N2CCOCC2)cn1)c1ccccc1. The molecule has 1 fully saturated rings. The summed E-state index contributed by atoms with van der Waals surface area (Å²) in [5, 5.41) is 3.72. The molecule has 0 spiro atoms. The predicted octanol–water partition coefficient (Wildman–Crippen LogP) is 3.10. The Kier molecular flexibility index (Phi) is 8.48. The summed E-state index contributed by atoms with van der Waals surface area (Å²) in [6.45, 7) is 5.75. The zero-order valence-corrected chi connectivity index (χ0v) is 19.5. The third-order valence-electron chi connectivity index (χ3n) is 4.91. The Balaban J connectivity index is 1.57. The van der Waals surface area contributed by atoms with Crippen molar-refractivity contribution in [3.8, 4) is 0 Å². The second-order valence-electron chi connectivity index (χ2n) is 7.80. The van der Waals surface area contributed by atoms with Crippen molar-refractivity contribution in [1.82, 2.24) is 14.6 Å². The summed E-state index contributed by atoms with van der Waals surface area (Å²) in [4.78, 5) is 16.9. The number of benzene rings is 1. The molecule has 1 unspecified atom stereocenters. The van der Waals surface area contributed by atoms with E-state index in [1.165, 1.54) is 22.3 Å². The molecule has 31 heavy (non-hydrogen) atoms. The molecule has 2 aromatic rings. The second kappa shape index (κ2) is 11.1. The Morgan fingerprint density at radius 2 is 1.87 bits per heavy atom. The molecule has 1 amide bonds. The standard InChI is InChI=1S/C22H29N3O4S2/c1-17(2)14-20(18-6-4-3-5-7-18)24-21(26)16-30-22-9-8-19(15-23-22)31(27,28)25-10-12-29-13-11-25/h3-9,15,17,20H,10-14,16H2,1-2H3,(H,24,26). The summed E-state index contributed by atoms with van der Waals surface area (Å²) >= 11 is 1.29. The summed E-state index contributed by atoms with van der Waals surface area (Å²) in [5.41, 5.74) is 1.09. The van der Waals surface area contributed by atoms with Gasteiger partial charge in [-0.15, -0.1) is 0 Å². The first kappa shape index (κ1) is 23.7. The van der Waals surface area contributed by atoms with Crippen LogP contribution in [0.4, 0.5) is 0 Å². The maximum atomic E-state index is 12.7. The lowest BCUT2D eigenvalue weighted by Gasteiger charge is -2.25. The molecule has 2 heterocycles. The van der Waals surface area contributed by atoms with Crippen LogP contribution in [0.2, 0.25) is 0 Å². The van der Waals surface area contributed by atoms with E-state index in [1.54, 1.807) is 12.1 Å². The molecule has 0 saturated carbocycles. The van der Waals surface area contributed by atoms with Crippen LogP contribution in [0.3, 0.4) is 0 Å². The van der Waals surface area contributed by atoms with Crippen molar-refractivity contribution in [3.63, 3.8) is 0 Å². The van der Waals surface area contributed by atoms with Gasteiger partial charge >= 0.3 is 0 Å². The molecule has 1 aromatic heterocycles. The quantitative estimate of drug-likeness (QED) is 0.575. The minimum Gasteiger partial charge on any atom is -0.379 e. The monoisotopic (exact) mass is 463 g/mol. The van der Waals surface area contributed by atoms with Crippen molar-refractivity contribution in [2.24, 2.45) is 5.92 Å². The first-order valence-electron chi connectivity index (χ1n) is 10.4. The first-order valence-corrected chi connectivity index (χ1v) is 12.8. The Morgan fingerprint density at radius 1 is 1.16 bits per heavy atom. The van der Waals surface area contributed by atoms with Crippen LogP contribution < -0.4 is 5.32 Å². The van der Waals surface area contributed by atoms with Crippen molar-refractivity contribution in [2.75, 3.05) is 32.1 Å². The molecule has 1 aromatic carbocycles. The topological polar surface area (TPSA) is 88.6 Å². The summed E-state index contributed by atoms with van der Waals surface area (Å²) in [6.07, 6.45) is 2.21. The van der Waals surface area contributed by atoms with Gasteiger partial charge in [0.25, 0.3) is 0 Å². The van der Waals surface area contributed by atoms with Gasteiger partial charge in [0, 0.05) is 19.3 Å². The van der Waals surface area contributed by atoms with E-state index in [4.69, 9.17) is 4.74 Å². The highest BCUT2D eigenvalue weighted by atomic mass is 32.2. The van der Waals surface area contributed by atoms with Crippen LogP contribution in [-0.4, -0.2) is 55.7 Å². The average Bonchev–Trinajstić information content (AvgIpc) is 2.78. The number of nitrogens with one attached hydrogen (secondary N) is 1. The number of rotatable bonds is 9. The third kappa shape index (κ3) is 6.77. The van der Waals surface area contributed by atoms with E-state index in [0.29, 0.717) is 37.2 Å². The fourth-order valence-electron chi connectivity index (χ4n) is 3.35. The molecular formula is C22H29N3O4S2. The van der Waals surface area contributed by atoms with Gasteiger partial charge in [-0.25, -0.2) is 13.4 Å². The number of ether oxygens (including phenoxy) is 1. The number of nitrogens with zero attached hydrogens (tertiary/aromatic N) is 2. The van der Waals surface area contributed by atoms with Crippen LogP contribution >= 0.6 is 11.8 Å². The molecule has 0 radical (unpaired) electrons. The summed E-state index contributed by atoms with van der Waals surface area (Å²) in [5.74, 6) is 0.580. The van der Waals surface area contributed by atoms with Gasteiger partial charge in [-0.05, 0) is 30.0 Å². The molecule has 168 valence electrons. The van der Waals surface area contributed by atoms with Crippen LogP contribution in [0.15, 0.2) is 58.6 Å². The van der Waals surface area contributed by atoms with Crippen molar-refractivity contribution < 1.29 is 17.9 Å². The van der Waals surface area contributed by atoms with Gasteiger partial charge < -0.3 is 10.1 Å². The number of aromatic nitrogens is 1. The Hall–Kier alpha value is -1.94. The minimum absolute atomic E-state index is 0.0386. The molecule has 1 saturated heterocycles. The molecule has 0 bridgehead atoms. The molecule has 0 aliphatic carbocycles. The van der Waals surface area contributed by atoms with Gasteiger partial charge in [0.2, 0.25) is 15.9 Å². The zero-order valence-electron chi connectivity index (χ0n) is 17.9. The highest BCUT2D eigenvalue weighted by Crippen LogP contribution is 2.23. The molecule has 9 heteroatoms. The average molecular weight is 464 g/mol. The Bertz CT molecular complexity index is 944. The fourth-order valence-corrected chi connectivity index (χ4v) is 5.36. The summed E-state index contributed by atoms with van der Waals surface area (Å²) in [7, 11) is -3.57. The van der Waals surface area contributed by atoms with E-state index >= 15 is 0 Å². The van der Waals surface area contributed by atoms with Crippen LogP contribution in [0.1, 0.15) is 31.9 Å². The molecule has 7 nitrogen and oxygen atoms in total. The second-order valence-corrected chi connectivity index (χ2v) is 10.7. The summed E-state index contributed by atoms with van der Waals surface area (Å²) < 4.78 is 32.0. The first-order chi connectivity index (χ1) is 14.9. The van der Waals surface area contributed by atoms with Gasteiger partial charge in [0.05, 0.1) is 30.0 Å². The van der Waals surface area contributed by atoms with E-state index < -0.39 is 10.0 Å². The molecule has 1 aliphatic rings. The van der Waals surface area contributed by atoms with Gasteiger partial charge in [-0.1, -0.05) is 55.9 Å². The van der Waals surface area contributed by atoms with Gasteiger partial charge in [0.15, 0.2) is 0 Å². The lowest BCUT2D eigenvalue weighted by molar-refractivity contribution is -0.119. The smallest absolute Gasteiger partial charge is 0.244 e. The number of hydrogen-bond acceptors (Lipinski definition) is 6. The number of hydrogen-bond donors (Lipinski definition) is 1. The third-order valence-corrected chi connectivity index (χ3v) is 7.74. The van der Waals surface area contributed by atoms with Crippen LogP contribution in [-0.2, 0) is 19.6 Å². The van der Waals surface area contributed by atoms with Crippen molar-refractivity contribution >= 4 is 27.7 Å². The molecular weight excluding hydrogens is 434 g/mol. The number of thioether (sulfide) groups is 1. The lowest BCUT2D eigenvalue weighted by Crippen LogP contribution is -2.40. The molecule has 3 rings (SSSR count). The Labute approximate surface area is 188 Å². The largest absolute Gasteiger partial charge is 0.379 e. The number of amides is 1. The van der Waals surface area contributed by atoms with Crippen LogP contribution in [0.5, 0.6) is 0 Å². The fraction of sp³-hybridized carbons (Fsp3) is 0.455. The summed E-state index contributed by atoms with van der Waals surface area (Å²) in [6, 6.07) is 13.1. The maximum Gasteiger partial charge on any atom is 0.244 e. The maximum absolute atomic E-state index is 12.7. The lowest BCUT2D eigenvalue weighted by atomic mass is 9.97. The number of carbonyl (C=O) groups is 1. The van der Waals surface area contributed by atoms with E-state index in [0.717, 1.165) is 12.0 Å². The van der Waals surface area contributed by atoms with Crippen LogP contribution in [0, 0.1) is 5.92 Å². The number of carbonyl (C=O) groups excluding carboxylic acids is 1. The Morgan fingerprint density at radius 3 is 2.48 bits per heavy atom. The molecule has 1 aliphatic heterocycles. The normalized spacial score (nSPS) is 16.2. The number of sulfonamides is 1. The van der Waals surface area contributed by atoms with Gasteiger partial charge in [-0.2, -0.15) is 4.31 Å². The molecule has 1 atom stereocenters. The zero-order chi connectivity index (χ0) is 22.3. The van der Waals surface area contributed by atoms with Gasteiger partial charge in [0.1, 0.15) is 4.90 Å².